The van der Waals surface area contributed by atoms with Crippen molar-refractivity contribution in [3.8, 4) is 11.1 Å². The van der Waals surface area contributed by atoms with Crippen LogP contribution in [0.15, 0.2) is 78.5 Å². The van der Waals surface area contributed by atoms with Gasteiger partial charge in [-0.2, -0.15) is 0 Å². The Bertz CT molecular complexity index is 882. The summed E-state index contributed by atoms with van der Waals surface area (Å²) in [5.74, 6) is -0.395. The zero-order valence-electron chi connectivity index (χ0n) is 15.4. The highest BCUT2D eigenvalue weighted by molar-refractivity contribution is 5.95. The lowest BCUT2D eigenvalue weighted by Gasteiger charge is -2.46. The molecule has 2 aromatic rings. The summed E-state index contributed by atoms with van der Waals surface area (Å²) in [6.07, 6.45) is 9.16. The normalized spacial score (nSPS) is 22.7. The third-order valence-corrected chi connectivity index (χ3v) is 5.48. The molecule has 2 aliphatic heterocycles. The highest BCUT2D eigenvalue weighted by atomic mass is 16.1. The number of carbonyl (C=O) groups excluding carboxylic acids is 1. The maximum atomic E-state index is 11.9. The molecule has 2 aromatic carbocycles. The molecule has 1 fully saturated rings. The molecule has 4 heteroatoms. The molecule has 4 nitrogen and oxygen atoms in total. The number of nitrogens with zero attached hydrogens (tertiary/aromatic N) is 1. The van der Waals surface area contributed by atoms with Gasteiger partial charge in [-0.25, -0.2) is 0 Å². The molecule has 27 heavy (non-hydrogen) atoms. The van der Waals surface area contributed by atoms with Gasteiger partial charge in [-0.05, 0) is 54.0 Å². The van der Waals surface area contributed by atoms with Crippen LogP contribution in [0, 0.1) is 0 Å². The predicted molar refractivity (Wildman–Crippen MR) is 109 cm³/mol. The number of hydrogen-bond donors (Lipinski definition) is 2. The van der Waals surface area contributed by atoms with E-state index in [1.807, 2.05) is 18.3 Å². The summed E-state index contributed by atoms with van der Waals surface area (Å²) in [5, 5.41) is 3.54. The zero-order chi connectivity index (χ0) is 18.7. The minimum atomic E-state index is -0.551. The van der Waals surface area contributed by atoms with E-state index in [-0.39, 0.29) is 0 Å². The van der Waals surface area contributed by atoms with Gasteiger partial charge in [0.15, 0.2) is 0 Å². The van der Waals surface area contributed by atoms with Crippen LogP contribution in [0.3, 0.4) is 0 Å². The molecule has 2 aliphatic rings. The first-order valence-electron chi connectivity index (χ1n) is 9.57. The van der Waals surface area contributed by atoms with Crippen LogP contribution in [0.25, 0.3) is 11.1 Å². The molecule has 0 radical (unpaired) electrons. The molecule has 3 N–H and O–H groups in total. The lowest BCUT2D eigenvalue weighted by atomic mass is 9.88. The Kier molecular flexibility index (Phi) is 4.82. The van der Waals surface area contributed by atoms with E-state index in [4.69, 9.17) is 5.73 Å². The van der Waals surface area contributed by atoms with Crippen LogP contribution >= 0.6 is 0 Å². The number of likely N-dealkylation sites (tertiary alicyclic amines) is 1. The van der Waals surface area contributed by atoms with E-state index >= 15 is 0 Å². The van der Waals surface area contributed by atoms with E-state index in [0.29, 0.717) is 5.57 Å². The van der Waals surface area contributed by atoms with Gasteiger partial charge in [-0.1, -0.05) is 55.0 Å². The topological polar surface area (TPSA) is 58.4 Å². The maximum Gasteiger partial charge on any atom is 0.248 e. The number of dihydropyridines is 1. The SMILES string of the molecule is NC(=O)C1=CC(c2cccc(-c3ccccc3)c2)(N2CCCCC2)NC=C1. The van der Waals surface area contributed by atoms with Gasteiger partial charge in [0.2, 0.25) is 5.91 Å². The van der Waals surface area contributed by atoms with E-state index in [1.54, 1.807) is 6.08 Å². The van der Waals surface area contributed by atoms with Crippen LogP contribution in [0.5, 0.6) is 0 Å². The van der Waals surface area contributed by atoms with Crippen molar-refractivity contribution in [3.05, 3.63) is 84.1 Å². The number of hydrogen-bond acceptors (Lipinski definition) is 3. The lowest BCUT2D eigenvalue weighted by molar-refractivity contribution is -0.114. The van der Waals surface area contributed by atoms with Gasteiger partial charge in [-0.3, -0.25) is 9.69 Å². The summed E-state index contributed by atoms with van der Waals surface area (Å²) >= 11 is 0. The van der Waals surface area contributed by atoms with Crippen molar-refractivity contribution in [3.63, 3.8) is 0 Å². The second-order valence-electron chi connectivity index (χ2n) is 7.20. The molecular formula is C23H25N3O. The standard InChI is InChI=1S/C23H25N3O/c24-22(27)20-12-13-25-23(17-20,26-14-5-2-6-15-26)21-11-7-10-19(16-21)18-8-3-1-4-9-18/h1,3-4,7-13,16-17,25H,2,5-6,14-15H2,(H2,24,27). The number of rotatable bonds is 4. The molecule has 1 amide bonds. The number of amides is 1. The van der Waals surface area contributed by atoms with Gasteiger partial charge in [0.25, 0.3) is 0 Å². The van der Waals surface area contributed by atoms with Crippen LogP contribution < -0.4 is 11.1 Å². The summed E-state index contributed by atoms with van der Waals surface area (Å²) in [6, 6.07) is 18.9. The first kappa shape index (κ1) is 17.6. The summed E-state index contributed by atoms with van der Waals surface area (Å²) in [6.45, 7) is 1.97. The van der Waals surface area contributed by atoms with E-state index in [9.17, 15) is 4.79 Å². The third kappa shape index (κ3) is 3.40. The first-order valence-corrected chi connectivity index (χ1v) is 9.57. The first-order chi connectivity index (χ1) is 13.2. The van der Waals surface area contributed by atoms with Gasteiger partial charge in [-0.15, -0.1) is 0 Å². The summed E-state index contributed by atoms with van der Waals surface area (Å²) < 4.78 is 0. The van der Waals surface area contributed by atoms with Crippen LogP contribution in [0.2, 0.25) is 0 Å². The minimum absolute atomic E-state index is 0.395. The fourth-order valence-electron chi connectivity index (χ4n) is 4.07. The smallest absolute Gasteiger partial charge is 0.248 e. The van der Waals surface area contributed by atoms with Crippen LogP contribution in [-0.4, -0.2) is 23.9 Å². The molecular weight excluding hydrogens is 334 g/mol. The van der Waals surface area contributed by atoms with Gasteiger partial charge >= 0.3 is 0 Å². The van der Waals surface area contributed by atoms with Gasteiger partial charge in [0, 0.05) is 18.7 Å². The molecule has 1 atom stereocenters. The van der Waals surface area contributed by atoms with E-state index in [0.717, 1.165) is 37.1 Å². The Hall–Kier alpha value is -2.85. The highest BCUT2D eigenvalue weighted by Gasteiger charge is 2.38. The molecule has 1 unspecified atom stereocenters. The summed E-state index contributed by atoms with van der Waals surface area (Å²) in [7, 11) is 0. The highest BCUT2D eigenvalue weighted by Crippen LogP contribution is 2.35. The van der Waals surface area contributed by atoms with Crippen molar-refractivity contribution < 1.29 is 4.79 Å². The average Bonchev–Trinajstić information content (AvgIpc) is 2.75. The van der Waals surface area contributed by atoms with E-state index < -0.39 is 11.6 Å². The van der Waals surface area contributed by atoms with Crippen molar-refractivity contribution >= 4 is 5.91 Å². The molecule has 0 aromatic heterocycles. The number of nitrogens with one attached hydrogen (secondary N) is 1. The van der Waals surface area contributed by atoms with Crippen LogP contribution in [0.4, 0.5) is 0 Å². The third-order valence-electron chi connectivity index (χ3n) is 5.48. The second kappa shape index (κ2) is 7.41. The van der Waals surface area contributed by atoms with Gasteiger partial charge in [0.1, 0.15) is 5.66 Å². The molecule has 4 rings (SSSR count). The Morgan fingerprint density at radius 2 is 1.70 bits per heavy atom. The zero-order valence-corrected chi connectivity index (χ0v) is 15.4. The monoisotopic (exact) mass is 359 g/mol. The Morgan fingerprint density at radius 3 is 2.44 bits per heavy atom. The van der Waals surface area contributed by atoms with Crippen LogP contribution in [0.1, 0.15) is 24.8 Å². The average molecular weight is 359 g/mol. The lowest BCUT2D eigenvalue weighted by Crippen LogP contribution is -2.56. The summed E-state index contributed by atoms with van der Waals surface area (Å²) in [5.41, 5.74) is 9.07. The second-order valence-corrected chi connectivity index (χ2v) is 7.20. The van der Waals surface area contributed by atoms with Crippen molar-refractivity contribution in [1.29, 1.82) is 0 Å². The Balaban J connectivity index is 1.82. The Labute approximate surface area is 160 Å². The largest absolute Gasteiger partial charge is 0.366 e. The molecule has 0 spiro atoms. The Morgan fingerprint density at radius 1 is 0.963 bits per heavy atom. The van der Waals surface area contributed by atoms with Crippen molar-refractivity contribution in [2.75, 3.05) is 13.1 Å². The summed E-state index contributed by atoms with van der Waals surface area (Å²) in [4.78, 5) is 14.3. The molecule has 2 heterocycles. The van der Waals surface area contributed by atoms with Crippen molar-refractivity contribution in [1.82, 2.24) is 10.2 Å². The van der Waals surface area contributed by atoms with Crippen LogP contribution in [-0.2, 0) is 10.5 Å². The predicted octanol–water partition coefficient (Wildman–Crippen LogP) is 3.52. The molecule has 0 bridgehead atoms. The van der Waals surface area contributed by atoms with Crippen molar-refractivity contribution in [2.24, 2.45) is 5.73 Å². The van der Waals surface area contributed by atoms with E-state index in [2.05, 4.69) is 58.7 Å². The fourth-order valence-corrected chi connectivity index (χ4v) is 4.07. The van der Waals surface area contributed by atoms with Crippen molar-refractivity contribution in [2.45, 2.75) is 24.9 Å². The molecule has 1 saturated heterocycles. The van der Waals surface area contributed by atoms with E-state index in [1.165, 1.54) is 12.0 Å². The molecule has 0 saturated carbocycles. The number of primary amides is 1. The van der Waals surface area contributed by atoms with Gasteiger partial charge in [0.05, 0.1) is 0 Å². The van der Waals surface area contributed by atoms with Gasteiger partial charge < -0.3 is 11.1 Å². The number of nitrogens with two attached hydrogens (primary N) is 1. The molecule has 0 aliphatic carbocycles. The quantitative estimate of drug-likeness (QED) is 0.878. The number of carbonyl (C=O) groups is 1. The minimum Gasteiger partial charge on any atom is -0.366 e. The number of piperidine rings is 1. The molecule has 138 valence electrons. The fraction of sp³-hybridized carbons (Fsp3) is 0.261. The maximum absolute atomic E-state index is 11.9. The number of benzene rings is 2.